The maximum absolute atomic E-state index is 12.1. The molecule has 1 heterocycles. The van der Waals surface area contributed by atoms with Crippen molar-refractivity contribution >= 4 is 5.97 Å². The van der Waals surface area contributed by atoms with Crippen LogP contribution in [0.25, 0.3) is 0 Å². The number of ether oxygens (including phenoxy) is 2. The van der Waals surface area contributed by atoms with Gasteiger partial charge in [0.05, 0.1) is 12.7 Å². The summed E-state index contributed by atoms with van der Waals surface area (Å²) >= 11 is 0. The van der Waals surface area contributed by atoms with Crippen molar-refractivity contribution in [3.8, 4) is 0 Å². The quantitative estimate of drug-likeness (QED) is 0.748. The molecule has 1 aliphatic rings. The molecule has 1 fully saturated rings. The van der Waals surface area contributed by atoms with E-state index >= 15 is 0 Å². The van der Waals surface area contributed by atoms with E-state index in [2.05, 4.69) is 24.1 Å². The molecule has 0 radical (unpaired) electrons. The van der Waals surface area contributed by atoms with Crippen LogP contribution in [0.15, 0.2) is 0 Å². The van der Waals surface area contributed by atoms with E-state index in [4.69, 9.17) is 9.47 Å². The minimum absolute atomic E-state index is 0.173. The van der Waals surface area contributed by atoms with Crippen molar-refractivity contribution in [2.75, 3.05) is 33.4 Å². The Balaban J connectivity index is 2.65. The SMILES string of the molecule is CCOC(=O)C(C)(CC(C)N1CCCOC(C)C1)NC. The first kappa shape index (κ1) is 17.4. The maximum Gasteiger partial charge on any atom is 0.326 e. The molecule has 20 heavy (non-hydrogen) atoms. The average molecular weight is 286 g/mol. The third kappa shape index (κ3) is 4.72. The van der Waals surface area contributed by atoms with Crippen molar-refractivity contribution in [2.45, 2.75) is 58.2 Å². The van der Waals surface area contributed by atoms with Gasteiger partial charge in [0.25, 0.3) is 0 Å². The monoisotopic (exact) mass is 286 g/mol. The number of esters is 1. The van der Waals surface area contributed by atoms with Gasteiger partial charge in [0.15, 0.2) is 0 Å². The summed E-state index contributed by atoms with van der Waals surface area (Å²) in [5.74, 6) is -0.173. The van der Waals surface area contributed by atoms with E-state index in [1.807, 2.05) is 20.9 Å². The highest BCUT2D eigenvalue weighted by molar-refractivity contribution is 5.80. The number of carbonyl (C=O) groups is 1. The van der Waals surface area contributed by atoms with Crippen LogP contribution in [0.1, 0.15) is 40.5 Å². The highest BCUT2D eigenvalue weighted by Gasteiger charge is 2.36. The summed E-state index contributed by atoms with van der Waals surface area (Å²) in [5, 5.41) is 3.13. The number of hydrogen-bond acceptors (Lipinski definition) is 5. The standard InChI is InChI=1S/C15H30N2O3/c1-6-19-14(18)15(4,16-5)10-12(2)17-8-7-9-20-13(3)11-17/h12-13,16H,6-11H2,1-5H3. The number of likely N-dealkylation sites (N-methyl/N-ethyl adjacent to an activating group) is 1. The van der Waals surface area contributed by atoms with Crippen molar-refractivity contribution < 1.29 is 14.3 Å². The maximum atomic E-state index is 12.1. The molecule has 3 atom stereocenters. The van der Waals surface area contributed by atoms with Crippen LogP contribution in [0.5, 0.6) is 0 Å². The predicted octanol–water partition coefficient (Wildman–Crippen LogP) is 1.42. The normalized spacial score (nSPS) is 25.6. The summed E-state index contributed by atoms with van der Waals surface area (Å²) in [6, 6.07) is 0.306. The Morgan fingerprint density at radius 1 is 1.60 bits per heavy atom. The number of carbonyl (C=O) groups excluding carboxylic acids is 1. The summed E-state index contributed by atoms with van der Waals surface area (Å²) < 4.78 is 10.9. The van der Waals surface area contributed by atoms with Gasteiger partial charge in [0.1, 0.15) is 5.54 Å². The Labute approximate surface area is 123 Å². The van der Waals surface area contributed by atoms with E-state index < -0.39 is 5.54 Å². The lowest BCUT2D eigenvalue weighted by atomic mass is 9.93. The zero-order chi connectivity index (χ0) is 15.2. The van der Waals surface area contributed by atoms with E-state index in [0.29, 0.717) is 12.6 Å². The third-order valence-electron chi connectivity index (χ3n) is 4.09. The van der Waals surface area contributed by atoms with Gasteiger partial charge in [-0.25, -0.2) is 0 Å². The number of nitrogens with zero attached hydrogens (tertiary/aromatic N) is 1. The molecule has 1 saturated heterocycles. The lowest BCUT2D eigenvalue weighted by Gasteiger charge is -2.35. The second-order valence-electron chi connectivity index (χ2n) is 5.89. The van der Waals surface area contributed by atoms with Crippen LogP contribution < -0.4 is 5.32 Å². The largest absolute Gasteiger partial charge is 0.465 e. The van der Waals surface area contributed by atoms with Gasteiger partial charge in [-0.1, -0.05) is 0 Å². The van der Waals surface area contributed by atoms with Gasteiger partial charge in [-0.3, -0.25) is 9.69 Å². The van der Waals surface area contributed by atoms with E-state index in [9.17, 15) is 4.79 Å². The van der Waals surface area contributed by atoms with E-state index in [1.165, 1.54) is 0 Å². The highest BCUT2D eigenvalue weighted by atomic mass is 16.5. The van der Waals surface area contributed by atoms with Gasteiger partial charge in [-0.2, -0.15) is 0 Å². The summed E-state index contributed by atoms with van der Waals surface area (Å²) in [6.45, 7) is 11.2. The van der Waals surface area contributed by atoms with Crippen molar-refractivity contribution in [1.82, 2.24) is 10.2 Å². The predicted molar refractivity (Wildman–Crippen MR) is 79.8 cm³/mol. The molecule has 0 spiro atoms. The first-order valence-electron chi connectivity index (χ1n) is 7.64. The molecule has 0 amide bonds. The van der Waals surface area contributed by atoms with Crippen molar-refractivity contribution in [3.63, 3.8) is 0 Å². The molecule has 1 rings (SSSR count). The Bertz CT molecular complexity index is 311. The summed E-state index contributed by atoms with van der Waals surface area (Å²) in [4.78, 5) is 14.5. The highest BCUT2D eigenvalue weighted by Crippen LogP contribution is 2.20. The van der Waals surface area contributed by atoms with Crippen LogP contribution in [0.4, 0.5) is 0 Å². The van der Waals surface area contributed by atoms with Gasteiger partial charge in [-0.05, 0) is 47.6 Å². The van der Waals surface area contributed by atoms with Crippen LogP contribution in [0.2, 0.25) is 0 Å². The van der Waals surface area contributed by atoms with E-state index in [0.717, 1.165) is 32.5 Å². The van der Waals surface area contributed by atoms with Gasteiger partial charge in [-0.15, -0.1) is 0 Å². The molecule has 118 valence electrons. The second kappa shape index (κ2) is 7.96. The van der Waals surface area contributed by atoms with Crippen LogP contribution >= 0.6 is 0 Å². The first-order valence-corrected chi connectivity index (χ1v) is 7.64. The van der Waals surface area contributed by atoms with Crippen LogP contribution in [-0.2, 0) is 14.3 Å². The lowest BCUT2D eigenvalue weighted by molar-refractivity contribution is -0.151. The van der Waals surface area contributed by atoms with Crippen molar-refractivity contribution in [3.05, 3.63) is 0 Å². The lowest BCUT2D eigenvalue weighted by Crippen LogP contribution is -2.53. The topological polar surface area (TPSA) is 50.8 Å². The molecular formula is C15H30N2O3. The second-order valence-corrected chi connectivity index (χ2v) is 5.89. The van der Waals surface area contributed by atoms with Crippen LogP contribution in [-0.4, -0.2) is 61.9 Å². The zero-order valence-electron chi connectivity index (χ0n) is 13.6. The molecule has 5 nitrogen and oxygen atoms in total. The fourth-order valence-corrected chi connectivity index (χ4v) is 2.72. The van der Waals surface area contributed by atoms with Crippen molar-refractivity contribution in [1.29, 1.82) is 0 Å². The number of nitrogens with one attached hydrogen (secondary N) is 1. The van der Waals surface area contributed by atoms with Gasteiger partial charge in [0, 0.05) is 25.7 Å². The Morgan fingerprint density at radius 2 is 2.30 bits per heavy atom. The zero-order valence-corrected chi connectivity index (χ0v) is 13.6. The molecule has 0 aromatic carbocycles. The van der Waals surface area contributed by atoms with Gasteiger partial charge in [0.2, 0.25) is 0 Å². The molecule has 1 aliphatic heterocycles. The number of rotatable bonds is 6. The fraction of sp³-hybridized carbons (Fsp3) is 0.933. The van der Waals surface area contributed by atoms with E-state index in [-0.39, 0.29) is 12.1 Å². The molecule has 0 aliphatic carbocycles. The van der Waals surface area contributed by atoms with E-state index in [1.54, 1.807) is 0 Å². The Kier molecular flexibility index (Phi) is 6.92. The molecule has 1 N–H and O–H groups in total. The van der Waals surface area contributed by atoms with Crippen LogP contribution in [0, 0.1) is 0 Å². The van der Waals surface area contributed by atoms with Crippen molar-refractivity contribution in [2.24, 2.45) is 0 Å². The molecule has 0 saturated carbocycles. The molecular weight excluding hydrogens is 256 g/mol. The number of hydrogen-bond donors (Lipinski definition) is 1. The summed E-state index contributed by atoms with van der Waals surface area (Å²) in [6.07, 6.45) is 2.03. The molecule has 0 bridgehead atoms. The third-order valence-corrected chi connectivity index (χ3v) is 4.09. The van der Waals surface area contributed by atoms with Gasteiger partial charge < -0.3 is 14.8 Å². The van der Waals surface area contributed by atoms with Crippen LogP contribution in [0.3, 0.4) is 0 Å². The summed E-state index contributed by atoms with van der Waals surface area (Å²) in [5.41, 5.74) is -0.633. The minimum Gasteiger partial charge on any atom is -0.465 e. The molecule has 5 heteroatoms. The molecule has 0 aromatic rings. The first-order chi connectivity index (χ1) is 9.42. The van der Waals surface area contributed by atoms with Gasteiger partial charge >= 0.3 is 5.97 Å². The minimum atomic E-state index is -0.633. The average Bonchev–Trinajstić information content (AvgIpc) is 2.63. The fourth-order valence-electron chi connectivity index (χ4n) is 2.72. The molecule has 3 unspecified atom stereocenters. The summed E-state index contributed by atoms with van der Waals surface area (Å²) in [7, 11) is 1.82. The Hall–Kier alpha value is -0.650. The molecule has 0 aromatic heterocycles. The smallest absolute Gasteiger partial charge is 0.326 e. The Morgan fingerprint density at radius 3 is 2.90 bits per heavy atom.